The van der Waals surface area contributed by atoms with Gasteiger partial charge in [0.05, 0.1) is 18.1 Å². The Balaban J connectivity index is 1.45. The molecule has 0 radical (unpaired) electrons. The van der Waals surface area contributed by atoms with Crippen LogP contribution < -0.4 is 20.1 Å². The van der Waals surface area contributed by atoms with E-state index in [4.69, 9.17) is 4.74 Å². The number of likely N-dealkylation sites (tertiary alicyclic amines) is 2. The smallest absolute Gasteiger partial charge is 0.387 e. The molecule has 4 rings (SSSR count). The third kappa shape index (κ3) is 6.96. The highest BCUT2D eigenvalue weighted by Crippen LogP contribution is 2.38. The van der Waals surface area contributed by atoms with Gasteiger partial charge < -0.3 is 20.1 Å². The van der Waals surface area contributed by atoms with Crippen molar-refractivity contribution in [2.75, 3.05) is 43.9 Å². The summed E-state index contributed by atoms with van der Waals surface area (Å²) < 4.78 is 51.1. The van der Waals surface area contributed by atoms with Crippen LogP contribution in [0.4, 0.5) is 30.6 Å². The Kier molecular flexibility index (Phi) is 8.51. The quantitative estimate of drug-likeness (QED) is 0.440. The van der Waals surface area contributed by atoms with Gasteiger partial charge in [0, 0.05) is 29.7 Å². The minimum atomic E-state index is -3.05. The van der Waals surface area contributed by atoms with Gasteiger partial charge in [-0.25, -0.2) is 14.4 Å². The van der Waals surface area contributed by atoms with Crippen molar-refractivity contribution in [3.8, 4) is 11.6 Å². The van der Waals surface area contributed by atoms with Crippen LogP contribution in [0, 0.1) is 5.82 Å². The van der Waals surface area contributed by atoms with Crippen LogP contribution >= 0.6 is 0 Å². The Morgan fingerprint density at radius 1 is 1.08 bits per heavy atom. The van der Waals surface area contributed by atoms with E-state index in [1.165, 1.54) is 12.3 Å². The van der Waals surface area contributed by atoms with Crippen LogP contribution in [0.5, 0.6) is 11.6 Å². The zero-order valence-electron chi connectivity index (χ0n) is 22.7. The van der Waals surface area contributed by atoms with Crippen LogP contribution in [0.3, 0.4) is 0 Å². The van der Waals surface area contributed by atoms with Crippen LogP contribution in [0.2, 0.25) is 0 Å². The normalized spacial score (nSPS) is 20.0. The van der Waals surface area contributed by atoms with Crippen molar-refractivity contribution < 1.29 is 22.6 Å². The molecule has 0 atom stereocenters. The number of nitrogens with one attached hydrogen (secondary N) is 2. The van der Waals surface area contributed by atoms with Crippen LogP contribution in [-0.4, -0.2) is 81.8 Å². The van der Waals surface area contributed by atoms with E-state index in [9.17, 15) is 13.2 Å². The van der Waals surface area contributed by atoms with Crippen LogP contribution in [0.25, 0.3) is 0 Å². The Hall–Kier alpha value is -2.86. The molecule has 2 aliphatic rings. The van der Waals surface area contributed by atoms with Crippen molar-refractivity contribution in [2.24, 2.45) is 0 Å². The maximum absolute atomic E-state index is 14.7. The fourth-order valence-electron chi connectivity index (χ4n) is 5.39. The zero-order valence-corrected chi connectivity index (χ0v) is 22.7. The lowest BCUT2D eigenvalue weighted by Gasteiger charge is -2.53. The number of alkyl halides is 2. The number of ether oxygens (including phenoxy) is 2. The molecule has 0 spiro atoms. The number of halogens is 3. The Morgan fingerprint density at radius 2 is 1.76 bits per heavy atom. The molecule has 0 saturated carbocycles. The molecule has 2 fully saturated rings. The van der Waals surface area contributed by atoms with Crippen molar-refractivity contribution in [3.05, 3.63) is 24.3 Å². The molecule has 0 aliphatic carbocycles. The van der Waals surface area contributed by atoms with E-state index >= 15 is 0 Å². The molecule has 4 heterocycles. The number of nitrogens with zero attached hydrogens (tertiary/aromatic N) is 5. The van der Waals surface area contributed by atoms with Crippen molar-refractivity contribution in [1.29, 1.82) is 0 Å². The summed E-state index contributed by atoms with van der Waals surface area (Å²) >= 11 is 0. The lowest BCUT2D eigenvalue weighted by Crippen LogP contribution is -2.61. The van der Waals surface area contributed by atoms with E-state index in [2.05, 4.69) is 74.9 Å². The van der Waals surface area contributed by atoms with Crippen molar-refractivity contribution in [3.63, 3.8) is 0 Å². The highest BCUT2D eigenvalue weighted by molar-refractivity contribution is 5.58. The number of piperidine rings is 1. The predicted octanol–water partition coefficient (Wildman–Crippen LogP) is 4.89. The summed E-state index contributed by atoms with van der Waals surface area (Å²) in [6, 6.07) is 1.34. The Bertz CT molecular complexity index is 1080. The minimum Gasteiger partial charge on any atom is -0.474 e. The second-order valence-corrected chi connectivity index (χ2v) is 11.3. The average molecular weight is 538 g/mol. The third-order valence-electron chi connectivity index (χ3n) is 7.53. The van der Waals surface area contributed by atoms with Crippen molar-refractivity contribution in [2.45, 2.75) is 77.1 Å². The largest absolute Gasteiger partial charge is 0.474 e. The van der Waals surface area contributed by atoms with Crippen LogP contribution in [-0.2, 0) is 0 Å². The van der Waals surface area contributed by atoms with Gasteiger partial charge in [-0.2, -0.15) is 13.8 Å². The van der Waals surface area contributed by atoms with Crippen LogP contribution in [0.15, 0.2) is 18.5 Å². The maximum Gasteiger partial charge on any atom is 0.387 e. The Labute approximate surface area is 222 Å². The molecule has 2 N–H and O–H groups in total. The van der Waals surface area contributed by atoms with Gasteiger partial charge in [-0.15, -0.1) is 0 Å². The van der Waals surface area contributed by atoms with Gasteiger partial charge in [0.25, 0.3) is 5.88 Å². The summed E-state index contributed by atoms with van der Waals surface area (Å²) in [5.74, 6) is -0.644. The van der Waals surface area contributed by atoms with Gasteiger partial charge in [0.1, 0.15) is 6.61 Å². The van der Waals surface area contributed by atoms with Gasteiger partial charge in [0.15, 0.2) is 17.4 Å². The third-order valence-corrected chi connectivity index (χ3v) is 7.53. The first-order chi connectivity index (χ1) is 17.9. The molecule has 2 aromatic rings. The second-order valence-electron chi connectivity index (χ2n) is 11.3. The van der Waals surface area contributed by atoms with Gasteiger partial charge in [-0.3, -0.25) is 9.80 Å². The lowest BCUT2D eigenvalue weighted by molar-refractivity contribution is -0.0519. The fourth-order valence-corrected chi connectivity index (χ4v) is 5.39. The molecular weight excluding hydrogens is 499 g/mol. The summed E-state index contributed by atoms with van der Waals surface area (Å²) in [6.45, 7) is 8.60. The van der Waals surface area contributed by atoms with Gasteiger partial charge in [-0.1, -0.05) is 0 Å². The van der Waals surface area contributed by atoms with Crippen molar-refractivity contribution >= 4 is 17.5 Å². The average Bonchev–Trinajstić information content (AvgIpc) is 3.34. The maximum atomic E-state index is 14.7. The first kappa shape index (κ1) is 28.2. The lowest BCUT2D eigenvalue weighted by atomic mass is 9.77. The topological polar surface area (TPSA) is 87.7 Å². The zero-order chi connectivity index (χ0) is 27.5. The van der Waals surface area contributed by atoms with E-state index in [0.29, 0.717) is 18.8 Å². The van der Waals surface area contributed by atoms with Gasteiger partial charge in [-0.05, 0) is 73.5 Å². The van der Waals surface area contributed by atoms with E-state index in [1.807, 2.05) is 0 Å². The molecule has 12 heteroatoms. The summed E-state index contributed by atoms with van der Waals surface area (Å²) in [6.07, 6.45) is 6.38. The second kappa shape index (κ2) is 11.5. The summed E-state index contributed by atoms with van der Waals surface area (Å²) in [7, 11) is 2.10. The highest BCUT2D eigenvalue weighted by Gasteiger charge is 2.43. The fraction of sp³-hybridized carbons (Fsp3) is 0.654. The number of hydrogen-bond donors (Lipinski definition) is 2. The molecule has 2 aliphatic heterocycles. The SMILES string of the molecule is CN1C(C)(C)CC(Nc2nc(Nc3cnc(OCCN4CCCC4)c(OC(F)F)c3)ncc2F)CC1(C)C. The van der Waals surface area contributed by atoms with E-state index in [1.54, 1.807) is 0 Å². The number of pyridine rings is 1. The Morgan fingerprint density at radius 3 is 2.42 bits per heavy atom. The van der Waals surface area contributed by atoms with Crippen molar-refractivity contribution in [1.82, 2.24) is 24.8 Å². The standard InChI is InChI=1S/C26H38F3N7O2/c1-25(2)13-18(14-26(3,4)35(25)5)32-21-19(27)16-31-24(34-21)33-17-12-20(38-23(28)29)22(30-15-17)37-11-10-36-8-6-7-9-36/h12,15-16,18,23H,6-11,13-14H2,1-5H3,(H2,31,32,33,34). The molecule has 0 unspecified atom stereocenters. The number of hydrogen-bond acceptors (Lipinski definition) is 9. The molecule has 38 heavy (non-hydrogen) atoms. The van der Waals surface area contributed by atoms with Gasteiger partial charge >= 0.3 is 6.61 Å². The molecule has 9 nitrogen and oxygen atoms in total. The predicted molar refractivity (Wildman–Crippen MR) is 140 cm³/mol. The molecule has 0 aromatic carbocycles. The minimum absolute atomic E-state index is 0.00171. The van der Waals surface area contributed by atoms with Crippen LogP contribution in [0.1, 0.15) is 53.4 Å². The molecule has 210 valence electrons. The highest BCUT2D eigenvalue weighted by atomic mass is 19.3. The van der Waals surface area contributed by atoms with E-state index in [0.717, 1.165) is 45.0 Å². The first-order valence-corrected chi connectivity index (χ1v) is 13.0. The molecule has 2 saturated heterocycles. The number of aromatic nitrogens is 3. The molecular formula is C26H38F3N7O2. The van der Waals surface area contributed by atoms with E-state index < -0.39 is 12.4 Å². The molecule has 0 bridgehead atoms. The molecule has 0 amide bonds. The first-order valence-electron chi connectivity index (χ1n) is 13.0. The van der Waals surface area contributed by atoms with E-state index in [-0.39, 0.29) is 40.5 Å². The monoisotopic (exact) mass is 537 g/mol. The van der Waals surface area contributed by atoms with Gasteiger partial charge in [0.2, 0.25) is 5.95 Å². The summed E-state index contributed by atoms with van der Waals surface area (Å²) in [4.78, 5) is 17.1. The molecule has 2 aromatic heterocycles. The number of rotatable bonds is 10. The number of anilines is 3. The summed E-state index contributed by atoms with van der Waals surface area (Å²) in [5.41, 5.74) is 0.121. The summed E-state index contributed by atoms with van der Waals surface area (Å²) in [5, 5.41) is 6.15.